The van der Waals surface area contributed by atoms with Gasteiger partial charge in [-0.1, -0.05) is 76.3 Å². The molecule has 6 nitrogen and oxygen atoms in total. The van der Waals surface area contributed by atoms with E-state index in [1.807, 2.05) is 0 Å². The fourth-order valence-corrected chi connectivity index (χ4v) is 7.10. The average Bonchev–Trinajstić information content (AvgIpc) is 3.22. The molecular formula is C31H46N6S. The van der Waals surface area contributed by atoms with Gasteiger partial charge < -0.3 is 20.4 Å². The van der Waals surface area contributed by atoms with Crippen molar-refractivity contribution in [2.24, 2.45) is 11.8 Å². The minimum Gasteiger partial charge on any atom is -0.361 e. The molecule has 0 unspecified atom stereocenters. The third kappa shape index (κ3) is 6.77. The maximum Gasteiger partial charge on any atom is 0.232 e. The van der Waals surface area contributed by atoms with E-state index in [1.54, 1.807) is 0 Å². The summed E-state index contributed by atoms with van der Waals surface area (Å²) < 4.78 is 0. The van der Waals surface area contributed by atoms with Gasteiger partial charge in [0.2, 0.25) is 5.95 Å². The molecule has 1 aromatic heterocycles. The van der Waals surface area contributed by atoms with Gasteiger partial charge in [0.1, 0.15) is 11.6 Å². The lowest BCUT2D eigenvalue weighted by atomic mass is 9.69. The summed E-state index contributed by atoms with van der Waals surface area (Å²) in [7, 11) is 0. The van der Waals surface area contributed by atoms with Gasteiger partial charge in [-0.25, -0.2) is 0 Å². The van der Waals surface area contributed by atoms with Crippen LogP contribution in [0.5, 0.6) is 0 Å². The molecule has 2 N–H and O–H groups in total. The molecule has 0 bridgehead atoms. The van der Waals surface area contributed by atoms with E-state index < -0.39 is 0 Å². The Morgan fingerprint density at radius 1 is 0.868 bits per heavy atom. The molecule has 1 aliphatic carbocycles. The molecule has 2 atom stereocenters. The number of aromatic nitrogens is 2. The lowest BCUT2D eigenvalue weighted by Gasteiger charge is -2.38. The predicted molar refractivity (Wildman–Crippen MR) is 163 cm³/mol. The third-order valence-electron chi connectivity index (χ3n) is 8.83. The Bertz CT molecular complexity index is 1040. The molecule has 7 heteroatoms. The SMILES string of the molecule is C[C@@H]1C[C@@H](C)CN(c2cc(N3CCCCCC3)nc(NC(=S)NCC3(c4ccccc4)CCCCC3)n2)C1. The van der Waals surface area contributed by atoms with Crippen LogP contribution in [-0.2, 0) is 5.41 Å². The molecular weight excluding hydrogens is 488 g/mol. The van der Waals surface area contributed by atoms with Gasteiger partial charge in [0.15, 0.2) is 5.11 Å². The van der Waals surface area contributed by atoms with Crippen LogP contribution < -0.4 is 20.4 Å². The van der Waals surface area contributed by atoms with E-state index in [-0.39, 0.29) is 5.41 Å². The number of rotatable bonds is 6. The Balaban J connectivity index is 1.34. The van der Waals surface area contributed by atoms with Crippen LogP contribution in [0.25, 0.3) is 0 Å². The number of benzene rings is 1. The summed E-state index contributed by atoms with van der Waals surface area (Å²) in [4.78, 5) is 14.9. The van der Waals surface area contributed by atoms with Crippen LogP contribution in [0.3, 0.4) is 0 Å². The van der Waals surface area contributed by atoms with E-state index >= 15 is 0 Å². The van der Waals surface area contributed by atoms with Crippen molar-refractivity contribution in [3.63, 3.8) is 0 Å². The van der Waals surface area contributed by atoms with Crippen molar-refractivity contribution in [3.05, 3.63) is 42.0 Å². The Labute approximate surface area is 235 Å². The molecule has 2 aromatic rings. The first-order valence-electron chi connectivity index (χ1n) is 15.0. The molecule has 5 rings (SSSR count). The van der Waals surface area contributed by atoms with Crippen molar-refractivity contribution < 1.29 is 0 Å². The van der Waals surface area contributed by atoms with Crippen molar-refractivity contribution in [2.45, 2.75) is 83.5 Å². The highest BCUT2D eigenvalue weighted by Crippen LogP contribution is 2.39. The summed E-state index contributed by atoms with van der Waals surface area (Å²) in [5.74, 6) is 4.00. The van der Waals surface area contributed by atoms with E-state index in [0.717, 1.165) is 44.4 Å². The van der Waals surface area contributed by atoms with Gasteiger partial charge >= 0.3 is 0 Å². The lowest BCUT2D eigenvalue weighted by Crippen LogP contribution is -2.44. The number of nitrogens with zero attached hydrogens (tertiary/aromatic N) is 4. The average molecular weight is 535 g/mol. The lowest BCUT2D eigenvalue weighted by molar-refractivity contribution is 0.292. The van der Waals surface area contributed by atoms with Gasteiger partial charge in [-0.05, 0) is 61.7 Å². The Hall–Kier alpha value is -2.41. The van der Waals surface area contributed by atoms with E-state index in [4.69, 9.17) is 22.2 Å². The summed E-state index contributed by atoms with van der Waals surface area (Å²) in [6.07, 6.45) is 12.6. The Morgan fingerprint density at radius 3 is 2.13 bits per heavy atom. The second kappa shape index (κ2) is 12.6. The second-order valence-electron chi connectivity index (χ2n) is 12.2. The van der Waals surface area contributed by atoms with E-state index in [9.17, 15) is 0 Å². The molecule has 2 saturated heterocycles. The zero-order chi connectivity index (χ0) is 26.4. The molecule has 206 valence electrons. The molecule has 3 fully saturated rings. The van der Waals surface area contributed by atoms with E-state index in [2.05, 4.69) is 70.7 Å². The zero-order valence-corrected chi connectivity index (χ0v) is 24.2. The summed E-state index contributed by atoms with van der Waals surface area (Å²) in [6, 6.07) is 13.2. The minimum atomic E-state index is 0.130. The standard InChI is InChI=1S/C31H46N6S/c1-24-19-25(2)22-37(21-24)28-20-27(36-17-11-3-4-12-18-36)33-29(34-28)35-30(38)32-23-31(15-9-6-10-16-31)26-13-7-5-8-14-26/h5,7-8,13-14,20,24-25H,3-4,6,9-12,15-19,21-23H2,1-2H3,(H2,32,33,34,35,38)/t24-,25-/m1/s1. The zero-order valence-electron chi connectivity index (χ0n) is 23.4. The number of thiocarbonyl (C=S) groups is 1. The number of piperidine rings is 1. The molecule has 1 aromatic carbocycles. The quantitative estimate of drug-likeness (QED) is 0.409. The molecule has 0 spiro atoms. The van der Waals surface area contributed by atoms with E-state index in [0.29, 0.717) is 22.9 Å². The van der Waals surface area contributed by atoms with Crippen LogP contribution >= 0.6 is 12.2 Å². The van der Waals surface area contributed by atoms with E-state index in [1.165, 1.54) is 69.8 Å². The molecule has 38 heavy (non-hydrogen) atoms. The number of nitrogens with one attached hydrogen (secondary N) is 2. The van der Waals surface area contributed by atoms with Crippen molar-refractivity contribution in [3.8, 4) is 0 Å². The monoisotopic (exact) mass is 534 g/mol. The topological polar surface area (TPSA) is 56.3 Å². The highest BCUT2D eigenvalue weighted by molar-refractivity contribution is 7.80. The van der Waals surface area contributed by atoms with Crippen LogP contribution in [0, 0.1) is 11.8 Å². The molecule has 2 aliphatic heterocycles. The predicted octanol–water partition coefficient (Wildman–Crippen LogP) is 6.53. The highest BCUT2D eigenvalue weighted by atomic mass is 32.1. The fraction of sp³-hybridized carbons (Fsp3) is 0.645. The van der Waals surface area contributed by atoms with Crippen molar-refractivity contribution in [2.75, 3.05) is 47.8 Å². The first-order chi connectivity index (χ1) is 18.5. The molecule has 0 radical (unpaired) electrons. The maximum absolute atomic E-state index is 5.83. The summed E-state index contributed by atoms with van der Waals surface area (Å²) in [5, 5.41) is 7.58. The summed E-state index contributed by atoms with van der Waals surface area (Å²) in [6.45, 7) is 9.75. The second-order valence-corrected chi connectivity index (χ2v) is 12.6. The van der Waals surface area contributed by atoms with Crippen LogP contribution in [0.1, 0.15) is 83.6 Å². The smallest absolute Gasteiger partial charge is 0.232 e. The minimum absolute atomic E-state index is 0.130. The number of hydrogen-bond donors (Lipinski definition) is 2. The van der Waals surface area contributed by atoms with Crippen molar-refractivity contribution in [1.29, 1.82) is 0 Å². The van der Waals surface area contributed by atoms with Crippen LogP contribution in [0.4, 0.5) is 17.6 Å². The fourth-order valence-electron chi connectivity index (χ4n) is 6.93. The van der Waals surface area contributed by atoms with Gasteiger partial charge in [-0.3, -0.25) is 0 Å². The summed E-state index contributed by atoms with van der Waals surface area (Å²) >= 11 is 5.83. The van der Waals surface area contributed by atoms with Crippen LogP contribution in [-0.4, -0.2) is 47.8 Å². The number of anilines is 3. The molecule has 3 heterocycles. The molecule has 1 saturated carbocycles. The van der Waals surface area contributed by atoms with Crippen LogP contribution in [0.2, 0.25) is 0 Å². The maximum atomic E-state index is 5.83. The Kier molecular flexibility index (Phi) is 9.03. The van der Waals surface area contributed by atoms with Gasteiger partial charge in [0.25, 0.3) is 0 Å². The van der Waals surface area contributed by atoms with Gasteiger partial charge in [-0.15, -0.1) is 0 Å². The van der Waals surface area contributed by atoms with Crippen molar-refractivity contribution >= 4 is 34.9 Å². The van der Waals surface area contributed by atoms with Gasteiger partial charge in [0, 0.05) is 44.2 Å². The third-order valence-corrected chi connectivity index (χ3v) is 9.08. The summed E-state index contributed by atoms with van der Waals surface area (Å²) in [5.41, 5.74) is 1.55. The molecule has 0 amide bonds. The van der Waals surface area contributed by atoms with Crippen molar-refractivity contribution in [1.82, 2.24) is 15.3 Å². The highest BCUT2D eigenvalue weighted by Gasteiger charge is 2.34. The Morgan fingerprint density at radius 2 is 1.47 bits per heavy atom. The first-order valence-corrected chi connectivity index (χ1v) is 15.4. The van der Waals surface area contributed by atoms with Gasteiger partial charge in [-0.2, -0.15) is 9.97 Å². The molecule has 3 aliphatic rings. The number of hydrogen-bond acceptors (Lipinski definition) is 5. The largest absolute Gasteiger partial charge is 0.361 e. The van der Waals surface area contributed by atoms with Gasteiger partial charge in [0.05, 0.1) is 0 Å². The van der Waals surface area contributed by atoms with Crippen LogP contribution in [0.15, 0.2) is 36.4 Å². The normalized spacial score (nSPS) is 23.9. The first kappa shape index (κ1) is 27.2.